The fourth-order valence-electron chi connectivity index (χ4n) is 3.28. The summed E-state index contributed by atoms with van der Waals surface area (Å²) in [6, 6.07) is 18.2. The Bertz CT molecular complexity index is 1390. The molecule has 1 amide bonds. The van der Waals surface area contributed by atoms with Gasteiger partial charge in [0.25, 0.3) is 17.3 Å². The molecule has 0 saturated carbocycles. The Kier molecular flexibility index (Phi) is 7.17. The third-order valence-corrected chi connectivity index (χ3v) is 6.38. The van der Waals surface area contributed by atoms with Crippen LogP contribution in [0.1, 0.15) is 21.5 Å². The Morgan fingerprint density at radius 2 is 1.58 bits per heavy atom. The highest BCUT2D eigenvalue weighted by Gasteiger charge is 2.32. The van der Waals surface area contributed by atoms with Gasteiger partial charge in [0.05, 0.1) is 32.9 Å². The molecule has 0 aromatic heterocycles. The third kappa shape index (κ3) is 5.62. The van der Waals surface area contributed by atoms with E-state index in [0.717, 1.165) is 23.8 Å². The number of carbonyl (C=O) groups excluding carboxylic acids is 2. The maximum Gasteiger partial charge on any atom is 0.344 e. The molecule has 0 N–H and O–H groups in total. The highest BCUT2D eigenvalue weighted by Crippen LogP contribution is 2.34. The number of benzene rings is 3. The molecule has 1 heterocycles. The molecule has 1 saturated heterocycles. The van der Waals surface area contributed by atoms with Crippen LogP contribution in [0.25, 0.3) is 6.08 Å². The number of nitro groups is 2. The van der Waals surface area contributed by atoms with Crippen LogP contribution in [0.3, 0.4) is 0 Å². The number of nitrogens with zero attached hydrogens (tertiary/aromatic N) is 3. The summed E-state index contributed by atoms with van der Waals surface area (Å²) in [5.41, 5.74) is 0.0746. The second-order valence-corrected chi connectivity index (χ2v) is 9.14. The second-order valence-electron chi connectivity index (χ2n) is 7.46. The van der Waals surface area contributed by atoms with Crippen molar-refractivity contribution in [2.45, 2.75) is 6.54 Å². The van der Waals surface area contributed by atoms with Gasteiger partial charge in [0.15, 0.2) is 0 Å². The number of amides is 1. The van der Waals surface area contributed by atoms with Crippen molar-refractivity contribution in [3.63, 3.8) is 0 Å². The molecule has 10 nitrogen and oxygen atoms in total. The summed E-state index contributed by atoms with van der Waals surface area (Å²) in [6.45, 7) is 0.369. The summed E-state index contributed by atoms with van der Waals surface area (Å²) in [6.07, 6.45) is 1.67. The first-order chi connectivity index (χ1) is 17.2. The fraction of sp³-hybridized carbons (Fsp3) is 0.0417. The molecule has 0 bridgehead atoms. The van der Waals surface area contributed by atoms with Crippen LogP contribution in [0.15, 0.2) is 77.7 Å². The van der Waals surface area contributed by atoms with E-state index in [4.69, 9.17) is 17.0 Å². The lowest BCUT2D eigenvalue weighted by atomic mass is 10.1. The number of esters is 1. The standard InChI is InChI=1S/C24H15N3O7S2/c28-22-21(36-24(35)25(22)14-16-4-2-1-3-5-16)10-15-6-8-20(9-7-15)34-23(29)17-11-18(26(30)31)13-19(12-17)27(32)33/h1-13H,14H2/b21-10-. The fourth-order valence-corrected chi connectivity index (χ4v) is 4.53. The van der Waals surface area contributed by atoms with Crippen molar-refractivity contribution >= 4 is 57.6 Å². The van der Waals surface area contributed by atoms with Crippen LogP contribution in [-0.2, 0) is 11.3 Å². The van der Waals surface area contributed by atoms with E-state index in [2.05, 4.69) is 0 Å². The molecule has 3 aromatic carbocycles. The summed E-state index contributed by atoms with van der Waals surface area (Å²) >= 11 is 6.55. The van der Waals surface area contributed by atoms with E-state index in [1.807, 2.05) is 30.3 Å². The van der Waals surface area contributed by atoms with Crippen LogP contribution < -0.4 is 4.74 Å². The number of hydrogen-bond acceptors (Lipinski definition) is 9. The first-order valence-electron chi connectivity index (χ1n) is 10.3. The van der Waals surface area contributed by atoms with E-state index in [1.165, 1.54) is 28.8 Å². The molecule has 180 valence electrons. The van der Waals surface area contributed by atoms with Crippen LogP contribution in [0.4, 0.5) is 11.4 Å². The van der Waals surface area contributed by atoms with Gasteiger partial charge in [-0.1, -0.05) is 66.4 Å². The third-order valence-electron chi connectivity index (χ3n) is 5.01. The Morgan fingerprint density at radius 3 is 2.17 bits per heavy atom. The summed E-state index contributed by atoms with van der Waals surface area (Å²) < 4.78 is 5.66. The van der Waals surface area contributed by atoms with Crippen molar-refractivity contribution in [2.24, 2.45) is 0 Å². The number of hydrogen-bond donors (Lipinski definition) is 0. The van der Waals surface area contributed by atoms with E-state index >= 15 is 0 Å². The van der Waals surface area contributed by atoms with Crippen molar-refractivity contribution in [3.8, 4) is 5.75 Å². The molecule has 0 spiro atoms. The first kappa shape index (κ1) is 24.7. The number of carbonyl (C=O) groups is 2. The van der Waals surface area contributed by atoms with Crippen molar-refractivity contribution < 1.29 is 24.2 Å². The molecule has 1 aliphatic heterocycles. The zero-order chi connectivity index (χ0) is 25.8. The lowest BCUT2D eigenvalue weighted by Gasteiger charge is -2.14. The van der Waals surface area contributed by atoms with Crippen LogP contribution in [0, 0.1) is 20.2 Å². The van der Waals surface area contributed by atoms with Crippen molar-refractivity contribution in [1.82, 2.24) is 4.90 Å². The molecule has 0 atom stereocenters. The Morgan fingerprint density at radius 1 is 0.972 bits per heavy atom. The van der Waals surface area contributed by atoms with Gasteiger partial charge in [-0.3, -0.25) is 29.9 Å². The second kappa shape index (κ2) is 10.5. The average Bonchev–Trinajstić information content (AvgIpc) is 3.12. The smallest absolute Gasteiger partial charge is 0.344 e. The Labute approximate surface area is 213 Å². The van der Waals surface area contributed by atoms with Crippen LogP contribution in [-0.4, -0.2) is 30.9 Å². The molecule has 0 unspecified atom stereocenters. The average molecular weight is 522 g/mol. The summed E-state index contributed by atoms with van der Waals surface area (Å²) in [4.78, 5) is 47.6. The summed E-state index contributed by atoms with van der Waals surface area (Å²) in [7, 11) is 0. The molecular weight excluding hydrogens is 506 g/mol. The molecule has 36 heavy (non-hydrogen) atoms. The SMILES string of the molecule is O=C(Oc1ccc(/C=C2\SC(=S)N(Cc3ccccc3)C2=O)cc1)c1cc([N+](=O)[O-])cc([N+](=O)[O-])c1. The number of thiocarbonyl (C=S) groups is 1. The van der Waals surface area contributed by atoms with Crippen LogP contribution in [0.5, 0.6) is 5.75 Å². The van der Waals surface area contributed by atoms with E-state index in [-0.39, 0.29) is 17.2 Å². The topological polar surface area (TPSA) is 133 Å². The molecule has 0 aliphatic carbocycles. The molecule has 1 aliphatic rings. The van der Waals surface area contributed by atoms with Gasteiger partial charge in [0.1, 0.15) is 10.1 Å². The summed E-state index contributed by atoms with van der Waals surface area (Å²) in [5, 5.41) is 22.1. The molecular formula is C24H15N3O7S2. The van der Waals surface area contributed by atoms with Gasteiger partial charge in [-0.15, -0.1) is 0 Å². The number of ether oxygens (including phenoxy) is 1. The minimum absolute atomic E-state index is 0.114. The van der Waals surface area contributed by atoms with Gasteiger partial charge < -0.3 is 4.74 Å². The van der Waals surface area contributed by atoms with Crippen molar-refractivity contribution in [1.29, 1.82) is 0 Å². The maximum atomic E-state index is 12.8. The maximum absolute atomic E-state index is 12.8. The minimum atomic E-state index is -0.990. The number of non-ortho nitro benzene ring substituents is 2. The van der Waals surface area contributed by atoms with Crippen molar-refractivity contribution in [3.05, 3.63) is 115 Å². The quantitative estimate of drug-likeness (QED) is 0.104. The Hall–Kier alpha value is -4.42. The van der Waals surface area contributed by atoms with Crippen LogP contribution >= 0.6 is 24.0 Å². The van der Waals surface area contributed by atoms with E-state index < -0.39 is 27.2 Å². The van der Waals surface area contributed by atoms with Gasteiger partial charge in [0.2, 0.25) is 0 Å². The zero-order valence-corrected chi connectivity index (χ0v) is 19.9. The van der Waals surface area contributed by atoms with Gasteiger partial charge in [-0.2, -0.15) is 0 Å². The van der Waals surface area contributed by atoms with Gasteiger partial charge in [-0.25, -0.2) is 4.79 Å². The number of nitro benzene ring substituents is 2. The van der Waals surface area contributed by atoms with Gasteiger partial charge in [0, 0.05) is 12.1 Å². The summed E-state index contributed by atoms with van der Waals surface area (Å²) in [5.74, 6) is -1.09. The monoisotopic (exact) mass is 521 g/mol. The normalized spacial score (nSPS) is 14.2. The number of thioether (sulfide) groups is 1. The minimum Gasteiger partial charge on any atom is -0.423 e. The lowest BCUT2D eigenvalue weighted by molar-refractivity contribution is -0.394. The largest absolute Gasteiger partial charge is 0.423 e. The molecule has 0 radical (unpaired) electrons. The first-order valence-corrected chi connectivity index (χ1v) is 11.5. The predicted octanol–water partition coefficient (Wildman–Crippen LogP) is 5.12. The molecule has 1 fully saturated rings. The highest BCUT2D eigenvalue weighted by atomic mass is 32.2. The zero-order valence-electron chi connectivity index (χ0n) is 18.2. The Balaban J connectivity index is 1.47. The van der Waals surface area contributed by atoms with Gasteiger partial charge >= 0.3 is 5.97 Å². The predicted molar refractivity (Wildman–Crippen MR) is 136 cm³/mol. The van der Waals surface area contributed by atoms with Crippen LogP contribution in [0.2, 0.25) is 0 Å². The number of rotatable bonds is 7. The molecule has 12 heteroatoms. The van der Waals surface area contributed by atoms with Crippen molar-refractivity contribution in [2.75, 3.05) is 0 Å². The molecule has 4 rings (SSSR count). The van der Waals surface area contributed by atoms with E-state index in [0.29, 0.717) is 21.3 Å². The van der Waals surface area contributed by atoms with E-state index in [9.17, 15) is 29.8 Å². The molecule has 3 aromatic rings. The van der Waals surface area contributed by atoms with Gasteiger partial charge in [-0.05, 0) is 29.3 Å². The van der Waals surface area contributed by atoms with E-state index in [1.54, 1.807) is 18.2 Å². The lowest BCUT2D eigenvalue weighted by Crippen LogP contribution is -2.27. The highest BCUT2D eigenvalue weighted by molar-refractivity contribution is 8.26.